The quantitative estimate of drug-likeness (QED) is 0.709. The van der Waals surface area contributed by atoms with E-state index < -0.39 is 0 Å². The van der Waals surface area contributed by atoms with E-state index in [0.29, 0.717) is 11.3 Å². The number of benzene rings is 1. The van der Waals surface area contributed by atoms with Crippen molar-refractivity contribution in [2.24, 2.45) is 7.05 Å². The van der Waals surface area contributed by atoms with Gasteiger partial charge in [-0.15, -0.1) is 0 Å². The third kappa shape index (κ3) is 3.03. The Labute approximate surface area is 157 Å². The Morgan fingerprint density at radius 1 is 0.963 bits per heavy atom. The van der Waals surface area contributed by atoms with E-state index in [1.807, 2.05) is 30.6 Å². The highest BCUT2D eigenvalue weighted by molar-refractivity contribution is 5.81. The van der Waals surface area contributed by atoms with Gasteiger partial charge < -0.3 is 14.4 Å². The zero-order valence-corrected chi connectivity index (χ0v) is 15.4. The molecule has 2 aromatic heterocycles. The van der Waals surface area contributed by atoms with Gasteiger partial charge in [0.05, 0.1) is 17.2 Å². The van der Waals surface area contributed by atoms with E-state index in [0.717, 1.165) is 43.3 Å². The number of nitrogens with zero attached hydrogens (tertiary/aromatic N) is 6. The maximum absolute atomic E-state index is 12.2. The first kappa shape index (κ1) is 16.2. The molecule has 0 atom stereocenters. The van der Waals surface area contributed by atoms with Gasteiger partial charge in [0.25, 0.3) is 5.56 Å². The predicted molar refractivity (Wildman–Crippen MR) is 105 cm³/mol. The Morgan fingerprint density at radius 3 is 2.37 bits per heavy atom. The topological polar surface area (TPSA) is 67.2 Å². The lowest BCUT2D eigenvalue weighted by Gasteiger charge is -2.36. The molecule has 1 aromatic carbocycles. The molecule has 7 nitrogen and oxygen atoms in total. The van der Waals surface area contributed by atoms with Gasteiger partial charge in [0.1, 0.15) is 0 Å². The van der Waals surface area contributed by atoms with E-state index in [-0.39, 0.29) is 5.56 Å². The van der Waals surface area contributed by atoms with Crippen molar-refractivity contribution < 1.29 is 0 Å². The van der Waals surface area contributed by atoms with Crippen LogP contribution in [0.5, 0.6) is 0 Å². The molecule has 2 aliphatic rings. The van der Waals surface area contributed by atoms with Crippen LogP contribution in [0.1, 0.15) is 24.3 Å². The fourth-order valence-corrected chi connectivity index (χ4v) is 3.68. The summed E-state index contributed by atoms with van der Waals surface area (Å²) in [6, 6.07) is 5.90. The van der Waals surface area contributed by atoms with Crippen molar-refractivity contribution in [2.45, 2.75) is 18.8 Å². The van der Waals surface area contributed by atoms with Crippen LogP contribution in [0.15, 0.2) is 41.7 Å². The van der Waals surface area contributed by atoms with Crippen molar-refractivity contribution in [1.82, 2.24) is 19.5 Å². The number of aryl methyl sites for hydroxylation is 1. The predicted octanol–water partition coefficient (Wildman–Crippen LogP) is 1.93. The van der Waals surface area contributed by atoms with Crippen LogP contribution in [-0.2, 0) is 7.05 Å². The molecule has 1 aliphatic carbocycles. The second-order valence-electron chi connectivity index (χ2n) is 7.43. The Kier molecular flexibility index (Phi) is 3.81. The van der Waals surface area contributed by atoms with Crippen molar-refractivity contribution in [3.05, 3.63) is 52.8 Å². The van der Waals surface area contributed by atoms with Crippen LogP contribution < -0.4 is 15.4 Å². The second-order valence-corrected chi connectivity index (χ2v) is 7.43. The minimum absolute atomic E-state index is 0.0110. The van der Waals surface area contributed by atoms with Gasteiger partial charge in [0, 0.05) is 51.3 Å². The summed E-state index contributed by atoms with van der Waals surface area (Å²) in [7, 11) is 1.72. The average molecular weight is 362 g/mol. The number of aromatic nitrogens is 4. The first-order valence-electron chi connectivity index (χ1n) is 9.46. The summed E-state index contributed by atoms with van der Waals surface area (Å²) in [6.07, 6.45) is 8.10. The van der Waals surface area contributed by atoms with Gasteiger partial charge in [0.15, 0.2) is 0 Å². The van der Waals surface area contributed by atoms with Gasteiger partial charge in [-0.05, 0) is 42.5 Å². The molecular formula is C20H22N6O. The summed E-state index contributed by atoms with van der Waals surface area (Å²) in [4.78, 5) is 30.3. The zero-order chi connectivity index (χ0) is 18.4. The summed E-state index contributed by atoms with van der Waals surface area (Å²) < 4.78 is 1.51. The smallest absolute Gasteiger partial charge is 0.260 e. The summed E-state index contributed by atoms with van der Waals surface area (Å²) in [5.41, 5.74) is 3.11. The lowest BCUT2D eigenvalue weighted by Crippen LogP contribution is -2.47. The highest BCUT2D eigenvalue weighted by atomic mass is 16.1. The van der Waals surface area contributed by atoms with E-state index in [1.54, 1.807) is 13.4 Å². The summed E-state index contributed by atoms with van der Waals surface area (Å²) in [5, 5.41) is 0.659. The van der Waals surface area contributed by atoms with Crippen LogP contribution in [0.4, 0.5) is 11.6 Å². The van der Waals surface area contributed by atoms with E-state index in [2.05, 4.69) is 24.8 Å². The fraction of sp³-hybridized carbons (Fsp3) is 0.400. The standard InChI is InChI=1S/C20H22N6O/c1-24-13-23-18-10-16(4-5-17(18)19(24)27)25-6-8-26(9-7-25)20-21-11-15(12-22-20)14-2-3-14/h4-5,10-14H,2-3,6-9H2,1H3. The molecule has 3 heterocycles. The maximum atomic E-state index is 12.2. The van der Waals surface area contributed by atoms with Gasteiger partial charge in [-0.3, -0.25) is 4.79 Å². The van der Waals surface area contributed by atoms with Gasteiger partial charge in [-0.25, -0.2) is 15.0 Å². The van der Waals surface area contributed by atoms with Crippen LogP contribution in [0.2, 0.25) is 0 Å². The molecule has 3 aromatic rings. The van der Waals surface area contributed by atoms with E-state index >= 15 is 0 Å². The van der Waals surface area contributed by atoms with Crippen LogP contribution in [0, 0.1) is 0 Å². The fourth-order valence-electron chi connectivity index (χ4n) is 3.68. The number of fused-ring (bicyclic) bond motifs is 1. The molecule has 0 unspecified atom stereocenters. The van der Waals surface area contributed by atoms with Crippen LogP contribution >= 0.6 is 0 Å². The molecule has 1 saturated heterocycles. The Morgan fingerprint density at radius 2 is 1.67 bits per heavy atom. The molecule has 5 rings (SSSR count). The van der Waals surface area contributed by atoms with Gasteiger partial charge >= 0.3 is 0 Å². The van der Waals surface area contributed by atoms with Gasteiger partial charge in [0.2, 0.25) is 5.95 Å². The zero-order valence-electron chi connectivity index (χ0n) is 15.4. The third-order valence-corrected chi connectivity index (χ3v) is 5.54. The van der Waals surface area contributed by atoms with E-state index in [4.69, 9.17) is 0 Å². The number of rotatable bonds is 3. The van der Waals surface area contributed by atoms with Crippen molar-refractivity contribution in [3.63, 3.8) is 0 Å². The maximum Gasteiger partial charge on any atom is 0.260 e. The Bertz CT molecular complexity index is 1030. The second kappa shape index (κ2) is 6.33. The van der Waals surface area contributed by atoms with E-state index in [9.17, 15) is 4.79 Å². The van der Waals surface area contributed by atoms with Gasteiger partial charge in [-0.2, -0.15) is 0 Å². The summed E-state index contributed by atoms with van der Waals surface area (Å²) in [5.74, 6) is 1.51. The minimum Gasteiger partial charge on any atom is -0.368 e. The summed E-state index contributed by atoms with van der Waals surface area (Å²) in [6.45, 7) is 3.55. The third-order valence-electron chi connectivity index (χ3n) is 5.54. The first-order chi connectivity index (χ1) is 13.2. The van der Waals surface area contributed by atoms with Crippen molar-refractivity contribution >= 4 is 22.5 Å². The van der Waals surface area contributed by atoms with Crippen molar-refractivity contribution in [3.8, 4) is 0 Å². The molecule has 0 N–H and O–H groups in total. The van der Waals surface area contributed by atoms with Crippen molar-refractivity contribution in [2.75, 3.05) is 36.0 Å². The Hall–Kier alpha value is -2.96. The highest BCUT2D eigenvalue weighted by Gasteiger charge is 2.25. The molecule has 1 aliphatic heterocycles. The highest BCUT2D eigenvalue weighted by Crippen LogP contribution is 2.39. The molecule has 0 amide bonds. The molecular weight excluding hydrogens is 340 g/mol. The molecule has 7 heteroatoms. The monoisotopic (exact) mass is 362 g/mol. The molecule has 0 radical (unpaired) electrons. The van der Waals surface area contributed by atoms with Crippen LogP contribution in [0.25, 0.3) is 10.9 Å². The molecule has 27 heavy (non-hydrogen) atoms. The number of hydrogen-bond acceptors (Lipinski definition) is 6. The number of piperazine rings is 1. The van der Waals surface area contributed by atoms with Crippen LogP contribution in [-0.4, -0.2) is 45.7 Å². The van der Waals surface area contributed by atoms with E-state index in [1.165, 1.54) is 23.0 Å². The number of hydrogen-bond donors (Lipinski definition) is 0. The lowest BCUT2D eigenvalue weighted by atomic mass is 10.2. The lowest BCUT2D eigenvalue weighted by molar-refractivity contribution is 0.639. The molecule has 138 valence electrons. The minimum atomic E-state index is -0.0110. The molecule has 1 saturated carbocycles. The largest absolute Gasteiger partial charge is 0.368 e. The molecule has 2 fully saturated rings. The average Bonchev–Trinajstić information content (AvgIpc) is 3.56. The first-order valence-corrected chi connectivity index (χ1v) is 9.46. The van der Waals surface area contributed by atoms with Crippen LogP contribution in [0.3, 0.4) is 0 Å². The molecule has 0 spiro atoms. The Balaban J connectivity index is 1.30. The van der Waals surface area contributed by atoms with Gasteiger partial charge in [-0.1, -0.05) is 0 Å². The summed E-state index contributed by atoms with van der Waals surface area (Å²) >= 11 is 0. The normalized spacial score (nSPS) is 17.5. The SMILES string of the molecule is Cn1cnc2cc(N3CCN(c4ncc(C5CC5)cn4)CC3)ccc2c1=O. The number of anilines is 2. The van der Waals surface area contributed by atoms with Crippen molar-refractivity contribution in [1.29, 1.82) is 0 Å². The molecule has 0 bridgehead atoms.